The first-order valence-electron chi connectivity index (χ1n) is 5.92. The molecule has 2 unspecified atom stereocenters. The third-order valence-electron chi connectivity index (χ3n) is 3.02. The van der Waals surface area contributed by atoms with E-state index < -0.39 is 0 Å². The Morgan fingerprint density at radius 3 is 2.50 bits per heavy atom. The van der Waals surface area contributed by atoms with Gasteiger partial charge in [0.25, 0.3) is 0 Å². The number of halogens is 1. The molecule has 2 atom stereocenters. The average Bonchev–Trinajstić information content (AvgIpc) is 2.47. The van der Waals surface area contributed by atoms with Crippen molar-refractivity contribution < 1.29 is 4.79 Å². The number of amides is 1. The lowest BCUT2D eigenvalue weighted by atomic mass is 10.0. The van der Waals surface area contributed by atoms with Crippen LogP contribution in [0.1, 0.15) is 46.5 Å². The van der Waals surface area contributed by atoms with Crippen LogP contribution in [-0.4, -0.2) is 18.0 Å². The molecule has 0 aliphatic heterocycles. The van der Waals surface area contributed by atoms with Crippen LogP contribution in [0.2, 0.25) is 0 Å². The first-order chi connectivity index (χ1) is 6.87. The lowest BCUT2D eigenvalue weighted by Gasteiger charge is -2.19. The molecule has 0 aromatic heterocycles. The fraction of sp³-hybridized carbons (Fsp3) is 0.917. The standard InChI is InChI=1S/C12H24N2O.ClH/c1-9-4-5-10(6-9)7-11(15)14-8-12(2,3)13;/h9-10H,4-8,13H2,1-3H3,(H,14,15);1H. The van der Waals surface area contributed by atoms with Gasteiger partial charge < -0.3 is 11.1 Å². The summed E-state index contributed by atoms with van der Waals surface area (Å²) in [4.78, 5) is 11.6. The van der Waals surface area contributed by atoms with E-state index in [0.717, 1.165) is 5.92 Å². The Hall–Kier alpha value is -0.280. The zero-order valence-electron chi connectivity index (χ0n) is 10.6. The molecule has 0 heterocycles. The Balaban J connectivity index is 0.00000225. The molecule has 96 valence electrons. The summed E-state index contributed by atoms with van der Waals surface area (Å²) in [6.45, 7) is 6.67. The summed E-state index contributed by atoms with van der Waals surface area (Å²) in [5, 5.41) is 2.90. The van der Waals surface area contributed by atoms with E-state index in [2.05, 4.69) is 12.2 Å². The number of nitrogens with one attached hydrogen (secondary N) is 1. The highest BCUT2D eigenvalue weighted by molar-refractivity contribution is 5.85. The van der Waals surface area contributed by atoms with Crippen molar-refractivity contribution in [1.82, 2.24) is 5.32 Å². The van der Waals surface area contributed by atoms with Gasteiger partial charge in [0.15, 0.2) is 0 Å². The van der Waals surface area contributed by atoms with Crippen LogP contribution in [0.25, 0.3) is 0 Å². The van der Waals surface area contributed by atoms with Crippen LogP contribution in [0.4, 0.5) is 0 Å². The molecule has 0 radical (unpaired) electrons. The van der Waals surface area contributed by atoms with Crippen molar-refractivity contribution in [3.8, 4) is 0 Å². The van der Waals surface area contributed by atoms with Crippen molar-refractivity contribution in [2.24, 2.45) is 17.6 Å². The second-order valence-electron chi connectivity index (χ2n) is 5.75. The zero-order chi connectivity index (χ0) is 11.5. The topological polar surface area (TPSA) is 55.1 Å². The van der Waals surface area contributed by atoms with Gasteiger partial charge >= 0.3 is 0 Å². The molecule has 3 nitrogen and oxygen atoms in total. The first kappa shape index (κ1) is 15.7. The summed E-state index contributed by atoms with van der Waals surface area (Å²) >= 11 is 0. The summed E-state index contributed by atoms with van der Waals surface area (Å²) in [7, 11) is 0. The van der Waals surface area contributed by atoms with Crippen LogP contribution in [0.3, 0.4) is 0 Å². The van der Waals surface area contributed by atoms with Gasteiger partial charge in [0.1, 0.15) is 0 Å². The molecule has 0 aromatic carbocycles. The second-order valence-corrected chi connectivity index (χ2v) is 5.75. The predicted molar refractivity (Wildman–Crippen MR) is 69.6 cm³/mol. The van der Waals surface area contributed by atoms with Crippen molar-refractivity contribution in [2.45, 2.75) is 52.0 Å². The van der Waals surface area contributed by atoms with E-state index in [1.54, 1.807) is 0 Å². The summed E-state index contributed by atoms with van der Waals surface area (Å²) < 4.78 is 0. The molecule has 1 rings (SSSR count). The molecule has 3 N–H and O–H groups in total. The Labute approximate surface area is 105 Å². The molecular weight excluding hydrogens is 224 g/mol. The van der Waals surface area contributed by atoms with E-state index in [1.165, 1.54) is 19.3 Å². The highest BCUT2D eigenvalue weighted by atomic mass is 35.5. The first-order valence-corrected chi connectivity index (χ1v) is 5.92. The number of hydrogen-bond acceptors (Lipinski definition) is 2. The molecule has 1 amide bonds. The largest absolute Gasteiger partial charge is 0.354 e. The lowest BCUT2D eigenvalue weighted by molar-refractivity contribution is -0.122. The monoisotopic (exact) mass is 248 g/mol. The maximum atomic E-state index is 11.6. The van der Waals surface area contributed by atoms with Gasteiger partial charge in [0.2, 0.25) is 5.91 Å². The molecule has 1 aliphatic rings. The molecule has 0 aromatic rings. The number of carbonyl (C=O) groups excluding carboxylic acids is 1. The normalized spacial score (nSPS) is 25.0. The van der Waals surface area contributed by atoms with Crippen LogP contribution in [0, 0.1) is 11.8 Å². The highest BCUT2D eigenvalue weighted by Gasteiger charge is 2.23. The molecule has 16 heavy (non-hydrogen) atoms. The fourth-order valence-electron chi connectivity index (χ4n) is 2.17. The number of rotatable bonds is 4. The SMILES string of the molecule is CC1CCC(CC(=O)NCC(C)(C)N)C1.Cl. The van der Waals surface area contributed by atoms with Crippen molar-refractivity contribution >= 4 is 18.3 Å². The van der Waals surface area contributed by atoms with Gasteiger partial charge in [-0.25, -0.2) is 0 Å². The molecule has 0 spiro atoms. The number of carbonyl (C=O) groups is 1. The maximum absolute atomic E-state index is 11.6. The van der Waals surface area contributed by atoms with Gasteiger partial charge in [-0.15, -0.1) is 12.4 Å². The quantitative estimate of drug-likeness (QED) is 0.801. The van der Waals surface area contributed by atoms with Crippen molar-refractivity contribution in [3.05, 3.63) is 0 Å². The predicted octanol–water partition coefficient (Wildman–Crippen LogP) is 2.09. The van der Waals surface area contributed by atoms with Crippen LogP contribution in [-0.2, 0) is 4.79 Å². The van der Waals surface area contributed by atoms with Gasteiger partial charge in [-0.2, -0.15) is 0 Å². The van der Waals surface area contributed by atoms with Gasteiger partial charge in [0, 0.05) is 18.5 Å². The molecular formula is C12H25ClN2O. The van der Waals surface area contributed by atoms with E-state index in [0.29, 0.717) is 18.9 Å². The van der Waals surface area contributed by atoms with Gasteiger partial charge in [-0.1, -0.05) is 13.3 Å². The number of nitrogens with two attached hydrogens (primary N) is 1. The van der Waals surface area contributed by atoms with Crippen molar-refractivity contribution in [3.63, 3.8) is 0 Å². The van der Waals surface area contributed by atoms with Gasteiger partial charge in [-0.05, 0) is 38.5 Å². The van der Waals surface area contributed by atoms with Crippen LogP contribution < -0.4 is 11.1 Å². The van der Waals surface area contributed by atoms with E-state index in [-0.39, 0.29) is 23.9 Å². The Morgan fingerprint density at radius 1 is 1.44 bits per heavy atom. The Morgan fingerprint density at radius 2 is 2.06 bits per heavy atom. The van der Waals surface area contributed by atoms with E-state index in [4.69, 9.17) is 5.73 Å². The average molecular weight is 249 g/mol. The Kier molecular flexibility index (Phi) is 6.34. The summed E-state index contributed by atoms with van der Waals surface area (Å²) in [6, 6.07) is 0. The summed E-state index contributed by atoms with van der Waals surface area (Å²) in [5.74, 6) is 1.56. The van der Waals surface area contributed by atoms with Gasteiger partial charge in [0.05, 0.1) is 0 Å². The van der Waals surface area contributed by atoms with Gasteiger partial charge in [-0.3, -0.25) is 4.79 Å². The molecule has 1 fully saturated rings. The highest BCUT2D eigenvalue weighted by Crippen LogP contribution is 2.32. The maximum Gasteiger partial charge on any atom is 0.220 e. The minimum absolute atomic E-state index is 0. The molecule has 0 bridgehead atoms. The van der Waals surface area contributed by atoms with E-state index >= 15 is 0 Å². The summed E-state index contributed by atoms with van der Waals surface area (Å²) in [5.41, 5.74) is 5.49. The van der Waals surface area contributed by atoms with Crippen LogP contribution in [0.5, 0.6) is 0 Å². The van der Waals surface area contributed by atoms with E-state index in [1.807, 2.05) is 13.8 Å². The van der Waals surface area contributed by atoms with Crippen molar-refractivity contribution in [1.29, 1.82) is 0 Å². The third-order valence-corrected chi connectivity index (χ3v) is 3.02. The smallest absolute Gasteiger partial charge is 0.220 e. The second kappa shape index (κ2) is 6.45. The zero-order valence-corrected chi connectivity index (χ0v) is 11.4. The fourth-order valence-corrected chi connectivity index (χ4v) is 2.17. The molecule has 1 aliphatic carbocycles. The molecule has 0 saturated heterocycles. The van der Waals surface area contributed by atoms with E-state index in [9.17, 15) is 4.79 Å². The van der Waals surface area contributed by atoms with Crippen molar-refractivity contribution in [2.75, 3.05) is 6.54 Å². The number of hydrogen-bond donors (Lipinski definition) is 2. The third kappa shape index (κ3) is 6.33. The van der Waals surface area contributed by atoms with Crippen LogP contribution >= 0.6 is 12.4 Å². The molecule has 4 heteroatoms. The summed E-state index contributed by atoms with van der Waals surface area (Å²) in [6.07, 6.45) is 4.38. The molecule has 1 saturated carbocycles. The Bertz CT molecular complexity index is 226. The lowest BCUT2D eigenvalue weighted by Crippen LogP contribution is -2.45. The van der Waals surface area contributed by atoms with Crippen LogP contribution in [0.15, 0.2) is 0 Å². The minimum Gasteiger partial charge on any atom is -0.354 e. The minimum atomic E-state index is -0.307.